The second kappa shape index (κ2) is 19.2. The lowest BCUT2D eigenvalue weighted by molar-refractivity contribution is -0.385. The van der Waals surface area contributed by atoms with Gasteiger partial charge in [0.1, 0.15) is 18.1 Å². The third-order valence-electron chi connectivity index (χ3n) is 10.7. The number of fused-ring (bicyclic) bond motifs is 2. The molecule has 0 heterocycles. The van der Waals surface area contributed by atoms with Crippen LogP contribution in [0.2, 0.25) is 0 Å². The van der Waals surface area contributed by atoms with Crippen LogP contribution < -0.4 is 21.4 Å². The first kappa shape index (κ1) is 46.2. The summed E-state index contributed by atoms with van der Waals surface area (Å²) in [5.41, 5.74) is 1.12. The van der Waals surface area contributed by atoms with Gasteiger partial charge in [0.05, 0.1) is 30.9 Å². The van der Waals surface area contributed by atoms with Gasteiger partial charge in [-0.05, 0) is 82.2 Å². The van der Waals surface area contributed by atoms with Gasteiger partial charge in [0.15, 0.2) is 0 Å². The van der Waals surface area contributed by atoms with Crippen LogP contribution in [0.4, 0.5) is 45.5 Å². The number of nitrogens with one attached hydrogen (secondary N) is 4. The largest absolute Gasteiger partial charge is 0.507 e. The van der Waals surface area contributed by atoms with E-state index >= 15 is 0 Å². The van der Waals surface area contributed by atoms with E-state index in [1.165, 1.54) is 127 Å². The highest BCUT2D eigenvalue weighted by Crippen LogP contribution is 2.48. The number of phenols is 2. The highest BCUT2D eigenvalue weighted by molar-refractivity contribution is 6.18. The van der Waals surface area contributed by atoms with Crippen molar-refractivity contribution in [1.29, 1.82) is 0 Å². The second-order valence-electron chi connectivity index (χ2n) is 15.3. The number of nitro benzene ring substituents is 4. The van der Waals surface area contributed by atoms with Crippen molar-refractivity contribution in [3.05, 3.63) is 208 Å². The SMILES string of the molecule is O=C(Nc1cccc([N+](=O)[O-])c1)c1ccc2c(-c3c(O)c(C(=O)Nc4cccc([N+](=O)[O-])c4)cc4cc(C(=O)Nc5cccc([N+](=O)[O-])c5)ccc34)c(O)c(CONc3cccc([N+](=O)[O-])c3)cc2c1. The number of carbonyl (C=O) groups excluding carboxylic acids is 3. The Labute approximate surface area is 391 Å². The summed E-state index contributed by atoms with van der Waals surface area (Å²) < 4.78 is 0. The molecule has 0 bridgehead atoms. The van der Waals surface area contributed by atoms with Crippen molar-refractivity contribution < 1.29 is 49.1 Å². The highest BCUT2D eigenvalue weighted by Gasteiger charge is 2.27. The Hall–Kier alpha value is -10.4. The number of rotatable bonds is 15. The Balaban J connectivity index is 1.29. The van der Waals surface area contributed by atoms with Crippen molar-refractivity contribution in [1.82, 2.24) is 0 Å². The number of anilines is 4. The zero-order chi connectivity index (χ0) is 49.8. The van der Waals surface area contributed by atoms with E-state index in [1.54, 1.807) is 0 Å². The van der Waals surface area contributed by atoms with Crippen LogP contribution in [-0.4, -0.2) is 47.6 Å². The number of nitrogens with zero attached hydrogens (tertiary/aromatic N) is 4. The average Bonchev–Trinajstić information content (AvgIpc) is 3.34. The summed E-state index contributed by atoms with van der Waals surface area (Å²) in [5, 5.41) is 78.9. The molecule has 8 rings (SSSR count). The Morgan fingerprint density at radius 1 is 0.457 bits per heavy atom. The third kappa shape index (κ3) is 9.76. The van der Waals surface area contributed by atoms with Crippen LogP contribution in [0, 0.1) is 40.5 Å². The molecular weight excluding hydrogens is 913 g/mol. The fraction of sp³-hybridized carbons (Fsp3) is 0.0208. The molecule has 22 heteroatoms. The van der Waals surface area contributed by atoms with Crippen LogP contribution >= 0.6 is 0 Å². The number of carbonyl (C=O) groups is 3. The molecule has 0 aliphatic heterocycles. The zero-order valence-electron chi connectivity index (χ0n) is 35.6. The minimum atomic E-state index is -0.975. The number of phenolic OH excluding ortho intramolecular Hbond substituents is 2. The number of benzene rings is 8. The van der Waals surface area contributed by atoms with Gasteiger partial charge < -0.3 is 26.2 Å². The summed E-state index contributed by atoms with van der Waals surface area (Å²) in [4.78, 5) is 90.5. The fourth-order valence-electron chi connectivity index (χ4n) is 7.50. The average molecular weight is 945 g/mol. The Kier molecular flexibility index (Phi) is 12.7. The van der Waals surface area contributed by atoms with Gasteiger partial charge in [0, 0.05) is 93.4 Å². The maximum absolute atomic E-state index is 14.2. The van der Waals surface area contributed by atoms with Crippen molar-refractivity contribution in [2.75, 3.05) is 21.4 Å². The standard InChI is InChI=1S/C48H32N8O14/c57-44-30(25-70-52-34-8-4-12-38(24-34)56(68)69)19-28-17-26(46(59)49-31-5-1-9-35(21-31)53(62)63)13-15-39(28)42(44)43-40-16-14-27(47(60)50-32-6-2-10-36(22-32)54(64)65)18-29(40)20-41(45(43)58)48(61)51-33-7-3-11-37(23-33)55(66)67/h1-24,52,57-58H,25H2,(H,49,59)(H,50,60)(H,51,61). The predicted molar refractivity (Wildman–Crippen MR) is 255 cm³/mol. The predicted octanol–water partition coefficient (Wildman–Crippen LogP) is 10.0. The smallest absolute Gasteiger partial charge is 0.271 e. The molecule has 0 spiro atoms. The molecule has 6 N–H and O–H groups in total. The highest BCUT2D eigenvalue weighted by atomic mass is 16.6. The van der Waals surface area contributed by atoms with Crippen LogP contribution in [0.25, 0.3) is 32.7 Å². The normalized spacial score (nSPS) is 10.9. The second-order valence-corrected chi connectivity index (χ2v) is 15.3. The number of hydrogen-bond acceptors (Lipinski definition) is 15. The molecular formula is C48H32N8O14. The lowest BCUT2D eigenvalue weighted by Crippen LogP contribution is -2.14. The summed E-state index contributed by atoms with van der Waals surface area (Å²) in [5.74, 6) is -3.61. The van der Waals surface area contributed by atoms with Gasteiger partial charge in [-0.3, -0.25) is 65.2 Å². The van der Waals surface area contributed by atoms with E-state index in [9.17, 15) is 65.1 Å². The summed E-state index contributed by atoms with van der Waals surface area (Å²) >= 11 is 0. The van der Waals surface area contributed by atoms with E-state index in [2.05, 4.69) is 21.4 Å². The van der Waals surface area contributed by atoms with Gasteiger partial charge in [-0.25, -0.2) is 0 Å². The van der Waals surface area contributed by atoms with E-state index < -0.39 is 61.1 Å². The lowest BCUT2D eigenvalue weighted by Gasteiger charge is -2.20. The van der Waals surface area contributed by atoms with E-state index in [0.29, 0.717) is 0 Å². The van der Waals surface area contributed by atoms with Crippen molar-refractivity contribution in [2.24, 2.45) is 0 Å². The van der Waals surface area contributed by atoms with Gasteiger partial charge >= 0.3 is 0 Å². The molecule has 348 valence electrons. The monoisotopic (exact) mass is 944 g/mol. The molecule has 0 unspecified atom stereocenters. The lowest BCUT2D eigenvalue weighted by atomic mass is 9.87. The van der Waals surface area contributed by atoms with Gasteiger partial charge in [0.2, 0.25) is 0 Å². The minimum absolute atomic E-state index is 0.0106. The number of hydrogen-bond donors (Lipinski definition) is 6. The van der Waals surface area contributed by atoms with Crippen molar-refractivity contribution in [3.63, 3.8) is 0 Å². The molecule has 0 fully saturated rings. The molecule has 0 saturated heterocycles. The van der Waals surface area contributed by atoms with Gasteiger partial charge in [-0.15, -0.1) is 0 Å². The van der Waals surface area contributed by atoms with Gasteiger partial charge in [-0.2, -0.15) is 0 Å². The van der Waals surface area contributed by atoms with Crippen LogP contribution in [0.15, 0.2) is 146 Å². The Morgan fingerprint density at radius 3 is 1.29 bits per heavy atom. The third-order valence-corrected chi connectivity index (χ3v) is 10.7. The molecule has 0 saturated carbocycles. The van der Waals surface area contributed by atoms with Crippen LogP contribution in [-0.2, 0) is 11.4 Å². The van der Waals surface area contributed by atoms with E-state index in [4.69, 9.17) is 4.84 Å². The number of non-ortho nitro benzene ring substituents is 4. The molecule has 3 amide bonds. The maximum Gasteiger partial charge on any atom is 0.271 e. The summed E-state index contributed by atoms with van der Waals surface area (Å²) in [6.45, 7) is -0.463. The molecule has 0 radical (unpaired) electrons. The van der Waals surface area contributed by atoms with Crippen LogP contribution in [0.1, 0.15) is 36.6 Å². The molecule has 70 heavy (non-hydrogen) atoms. The van der Waals surface area contributed by atoms with Gasteiger partial charge in [0.25, 0.3) is 40.5 Å². The number of nitro groups is 4. The van der Waals surface area contributed by atoms with Crippen LogP contribution in [0.3, 0.4) is 0 Å². The zero-order valence-corrected chi connectivity index (χ0v) is 35.6. The molecule has 0 aliphatic rings. The Morgan fingerprint density at radius 2 is 0.843 bits per heavy atom. The first-order chi connectivity index (χ1) is 33.5. The molecule has 8 aromatic rings. The first-order valence-electron chi connectivity index (χ1n) is 20.4. The molecule has 8 aromatic carbocycles. The minimum Gasteiger partial charge on any atom is -0.507 e. The summed E-state index contributed by atoms with van der Waals surface area (Å²) in [7, 11) is 0. The number of aromatic hydroxyl groups is 2. The fourth-order valence-corrected chi connectivity index (χ4v) is 7.50. The number of amides is 3. The van der Waals surface area contributed by atoms with E-state index in [0.717, 1.165) is 18.2 Å². The topological polar surface area (TPSA) is 322 Å². The maximum atomic E-state index is 14.2. The molecule has 0 aliphatic carbocycles. The molecule has 22 nitrogen and oxygen atoms in total. The summed E-state index contributed by atoms with van der Waals surface area (Å²) in [6, 6.07) is 31.9. The molecule has 0 atom stereocenters. The van der Waals surface area contributed by atoms with E-state index in [1.807, 2.05) is 0 Å². The van der Waals surface area contributed by atoms with Crippen molar-refractivity contribution >= 4 is 84.8 Å². The van der Waals surface area contributed by atoms with Crippen LogP contribution in [0.5, 0.6) is 11.5 Å². The molecule has 0 aromatic heterocycles. The van der Waals surface area contributed by atoms with Crippen molar-refractivity contribution in [3.8, 4) is 22.6 Å². The summed E-state index contributed by atoms with van der Waals surface area (Å²) in [6.07, 6.45) is 0. The van der Waals surface area contributed by atoms with Crippen molar-refractivity contribution in [2.45, 2.75) is 6.61 Å². The Bertz CT molecular complexity index is 3530. The first-order valence-corrected chi connectivity index (χ1v) is 20.4. The quantitative estimate of drug-likeness (QED) is 0.0411. The van der Waals surface area contributed by atoms with E-state index in [-0.39, 0.29) is 94.9 Å². The van der Waals surface area contributed by atoms with Gasteiger partial charge in [-0.1, -0.05) is 36.4 Å².